The summed E-state index contributed by atoms with van der Waals surface area (Å²) in [5.41, 5.74) is 1.97. The highest BCUT2D eigenvalue weighted by atomic mass is 35.5. The minimum Gasteiger partial charge on any atom is -0.223 e. The monoisotopic (exact) mass is 292 g/mol. The Morgan fingerprint density at radius 1 is 0.947 bits per heavy atom. The van der Waals surface area contributed by atoms with Gasteiger partial charge in [0.1, 0.15) is 0 Å². The van der Waals surface area contributed by atoms with Gasteiger partial charge in [-0.25, -0.2) is 8.42 Å². The summed E-state index contributed by atoms with van der Waals surface area (Å²) in [5, 5.41) is -1.05. The number of halogens is 1. The number of benzene rings is 2. The Balaban J connectivity index is 2.02. The van der Waals surface area contributed by atoms with Crippen LogP contribution in [0.15, 0.2) is 59.5 Å². The molecule has 0 unspecified atom stereocenters. The molecule has 3 rings (SSSR count). The largest absolute Gasteiger partial charge is 0.223 e. The van der Waals surface area contributed by atoms with Gasteiger partial charge in [-0.3, -0.25) is 0 Å². The van der Waals surface area contributed by atoms with Crippen LogP contribution in [0.25, 0.3) is 0 Å². The maximum absolute atomic E-state index is 12.6. The van der Waals surface area contributed by atoms with Crippen LogP contribution in [-0.4, -0.2) is 13.7 Å². The third kappa shape index (κ3) is 2.07. The number of hydrogen-bond acceptors (Lipinski definition) is 2. The van der Waals surface area contributed by atoms with E-state index in [1.807, 2.05) is 24.3 Å². The van der Waals surface area contributed by atoms with Crippen molar-refractivity contribution in [2.24, 2.45) is 0 Å². The van der Waals surface area contributed by atoms with Gasteiger partial charge in [-0.1, -0.05) is 42.5 Å². The predicted octanol–water partition coefficient (Wildman–Crippen LogP) is 3.37. The maximum atomic E-state index is 12.6. The summed E-state index contributed by atoms with van der Waals surface area (Å²) >= 11 is 6.36. The standard InChI is InChI=1S/C15H13ClO2S/c16-15-13-9-5-4-6-11(13)10-14(15)19(17,18)12-7-2-1-3-8-12/h1-9,14-15H,10H2/t14-,15-/m1/s1. The zero-order valence-electron chi connectivity index (χ0n) is 10.2. The third-order valence-electron chi connectivity index (χ3n) is 3.57. The SMILES string of the molecule is O=S(=O)(c1ccccc1)[C@@H]1Cc2ccccc2[C@H]1Cl. The third-order valence-corrected chi connectivity index (χ3v) is 6.42. The van der Waals surface area contributed by atoms with Gasteiger partial charge in [0.2, 0.25) is 0 Å². The van der Waals surface area contributed by atoms with Gasteiger partial charge >= 0.3 is 0 Å². The summed E-state index contributed by atoms with van der Waals surface area (Å²) in [6.45, 7) is 0. The van der Waals surface area contributed by atoms with E-state index in [2.05, 4.69) is 0 Å². The van der Waals surface area contributed by atoms with E-state index in [1.54, 1.807) is 30.3 Å². The molecule has 2 atom stereocenters. The molecule has 0 aromatic heterocycles. The lowest BCUT2D eigenvalue weighted by Crippen LogP contribution is -2.23. The van der Waals surface area contributed by atoms with Crippen LogP contribution in [0.3, 0.4) is 0 Å². The number of sulfone groups is 1. The van der Waals surface area contributed by atoms with Crippen molar-refractivity contribution < 1.29 is 8.42 Å². The van der Waals surface area contributed by atoms with Gasteiger partial charge in [0.15, 0.2) is 9.84 Å². The zero-order chi connectivity index (χ0) is 13.5. The van der Waals surface area contributed by atoms with Crippen molar-refractivity contribution in [3.05, 3.63) is 65.7 Å². The Morgan fingerprint density at radius 3 is 2.26 bits per heavy atom. The maximum Gasteiger partial charge on any atom is 0.183 e. The van der Waals surface area contributed by atoms with Crippen LogP contribution in [0.1, 0.15) is 16.5 Å². The summed E-state index contributed by atoms with van der Waals surface area (Å²) < 4.78 is 25.3. The van der Waals surface area contributed by atoms with E-state index in [1.165, 1.54) is 0 Å². The predicted molar refractivity (Wildman–Crippen MR) is 76.2 cm³/mol. The van der Waals surface area contributed by atoms with Crippen molar-refractivity contribution in [2.45, 2.75) is 21.9 Å². The Kier molecular flexibility index (Phi) is 3.11. The lowest BCUT2D eigenvalue weighted by atomic mass is 10.1. The van der Waals surface area contributed by atoms with Gasteiger partial charge in [-0.2, -0.15) is 0 Å². The molecule has 2 aromatic rings. The van der Waals surface area contributed by atoms with Crippen molar-refractivity contribution in [3.63, 3.8) is 0 Å². The fourth-order valence-corrected chi connectivity index (χ4v) is 5.02. The number of hydrogen-bond donors (Lipinski definition) is 0. The molecular weight excluding hydrogens is 280 g/mol. The van der Waals surface area contributed by atoms with E-state index in [0.717, 1.165) is 11.1 Å². The van der Waals surface area contributed by atoms with Crippen LogP contribution in [0.5, 0.6) is 0 Å². The average Bonchev–Trinajstić information content (AvgIpc) is 2.78. The first kappa shape index (κ1) is 12.7. The van der Waals surface area contributed by atoms with E-state index in [0.29, 0.717) is 11.3 Å². The van der Waals surface area contributed by atoms with E-state index >= 15 is 0 Å². The van der Waals surface area contributed by atoms with Gasteiger partial charge in [0.25, 0.3) is 0 Å². The molecule has 0 spiro atoms. The molecule has 4 heteroatoms. The summed E-state index contributed by atoms with van der Waals surface area (Å²) in [6, 6.07) is 16.2. The summed E-state index contributed by atoms with van der Waals surface area (Å²) in [4.78, 5) is 0.346. The Labute approximate surface area is 118 Å². The highest BCUT2D eigenvalue weighted by Gasteiger charge is 2.40. The van der Waals surface area contributed by atoms with Crippen molar-refractivity contribution in [2.75, 3.05) is 0 Å². The van der Waals surface area contributed by atoms with Gasteiger partial charge in [0.05, 0.1) is 15.5 Å². The van der Waals surface area contributed by atoms with Gasteiger partial charge in [0, 0.05) is 0 Å². The van der Waals surface area contributed by atoms with Crippen molar-refractivity contribution in [1.29, 1.82) is 0 Å². The molecule has 0 fully saturated rings. The topological polar surface area (TPSA) is 34.1 Å². The molecule has 0 radical (unpaired) electrons. The molecule has 0 saturated heterocycles. The smallest absolute Gasteiger partial charge is 0.183 e. The summed E-state index contributed by atoms with van der Waals surface area (Å²) in [5.74, 6) is 0. The van der Waals surface area contributed by atoms with Crippen molar-refractivity contribution in [1.82, 2.24) is 0 Å². The van der Waals surface area contributed by atoms with Crippen LogP contribution < -0.4 is 0 Å². The highest BCUT2D eigenvalue weighted by molar-refractivity contribution is 7.92. The van der Waals surface area contributed by atoms with Crippen molar-refractivity contribution >= 4 is 21.4 Å². The zero-order valence-corrected chi connectivity index (χ0v) is 11.7. The molecule has 0 saturated carbocycles. The van der Waals surface area contributed by atoms with Crippen molar-refractivity contribution in [3.8, 4) is 0 Å². The lowest BCUT2D eigenvalue weighted by Gasteiger charge is -2.15. The first-order chi connectivity index (χ1) is 9.10. The Bertz CT molecular complexity index is 695. The second-order valence-corrected chi connectivity index (χ2v) is 7.34. The minimum atomic E-state index is -3.39. The quantitative estimate of drug-likeness (QED) is 0.795. The molecule has 1 aliphatic rings. The molecule has 19 heavy (non-hydrogen) atoms. The molecule has 0 bridgehead atoms. The summed E-state index contributed by atoms with van der Waals surface area (Å²) in [6.07, 6.45) is 0.488. The Hall–Kier alpha value is -1.32. The number of fused-ring (bicyclic) bond motifs is 1. The molecular formula is C15H13ClO2S. The average molecular weight is 293 g/mol. The van der Waals surface area contributed by atoms with Crippen LogP contribution in [0, 0.1) is 0 Å². The molecule has 2 aromatic carbocycles. The molecule has 0 heterocycles. The van der Waals surface area contributed by atoms with Gasteiger partial charge < -0.3 is 0 Å². The van der Waals surface area contributed by atoms with E-state index < -0.39 is 20.5 Å². The molecule has 2 nitrogen and oxygen atoms in total. The number of rotatable bonds is 2. The fraction of sp³-hybridized carbons (Fsp3) is 0.200. The van der Waals surface area contributed by atoms with Crippen LogP contribution in [0.4, 0.5) is 0 Å². The molecule has 0 aliphatic heterocycles. The fourth-order valence-electron chi connectivity index (χ4n) is 2.56. The molecule has 1 aliphatic carbocycles. The van der Waals surface area contributed by atoms with Crippen LogP contribution in [-0.2, 0) is 16.3 Å². The minimum absolute atomic E-state index is 0.346. The highest BCUT2D eigenvalue weighted by Crippen LogP contribution is 2.41. The second kappa shape index (κ2) is 4.66. The Morgan fingerprint density at radius 2 is 1.58 bits per heavy atom. The normalized spacial score (nSPS) is 22.2. The first-order valence-corrected chi connectivity index (χ1v) is 8.10. The number of alkyl halides is 1. The van der Waals surface area contributed by atoms with Gasteiger partial charge in [-0.05, 0) is 29.7 Å². The first-order valence-electron chi connectivity index (χ1n) is 6.11. The lowest BCUT2D eigenvalue weighted by molar-refractivity contribution is 0.579. The van der Waals surface area contributed by atoms with E-state index in [-0.39, 0.29) is 0 Å². The van der Waals surface area contributed by atoms with E-state index in [4.69, 9.17) is 11.6 Å². The molecule has 0 N–H and O–H groups in total. The van der Waals surface area contributed by atoms with Crippen LogP contribution in [0.2, 0.25) is 0 Å². The molecule has 98 valence electrons. The van der Waals surface area contributed by atoms with Gasteiger partial charge in [-0.15, -0.1) is 11.6 Å². The second-order valence-electron chi connectivity index (χ2n) is 4.70. The molecule has 0 amide bonds. The summed E-state index contributed by atoms with van der Waals surface area (Å²) in [7, 11) is -3.39. The van der Waals surface area contributed by atoms with Crippen LogP contribution >= 0.6 is 11.6 Å². The van der Waals surface area contributed by atoms with E-state index in [9.17, 15) is 8.42 Å².